The SMILES string of the molecule is CCCC(=O)N1C=Cc2ccccc2C1c1c[nH]c2ccccc12. The second kappa shape index (κ2) is 6.00. The van der Waals surface area contributed by atoms with E-state index < -0.39 is 0 Å². The van der Waals surface area contributed by atoms with Crippen LogP contribution in [-0.2, 0) is 4.79 Å². The lowest BCUT2D eigenvalue weighted by Crippen LogP contribution is -2.32. The second-order valence-corrected chi connectivity index (χ2v) is 6.19. The molecule has 1 unspecified atom stereocenters. The fraction of sp³-hybridized carbons (Fsp3) is 0.190. The number of nitrogens with one attached hydrogen (secondary N) is 1. The summed E-state index contributed by atoms with van der Waals surface area (Å²) in [5.41, 5.74) is 4.59. The molecular weight excluding hydrogens is 296 g/mol. The molecule has 0 bridgehead atoms. The third-order valence-electron chi connectivity index (χ3n) is 4.65. The molecule has 3 aromatic rings. The average Bonchev–Trinajstić information content (AvgIpc) is 3.04. The van der Waals surface area contributed by atoms with Crippen molar-refractivity contribution in [2.45, 2.75) is 25.8 Å². The van der Waals surface area contributed by atoms with Gasteiger partial charge in [-0.2, -0.15) is 0 Å². The van der Waals surface area contributed by atoms with Crippen LogP contribution in [0.25, 0.3) is 17.0 Å². The number of hydrogen-bond acceptors (Lipinski definition) is 1. The van der Waals surface area contributed by atoms with Crippen molar-refractivity contribution in [1.29, 1.82) is 0 Å². The molecule has 1 aliphatic heterocycles. The average molecular weight is 316 g/mol. The van der Waals surface area contributed by atoms with Gasteiger partial charge in [0.2, 0.25) is 5.91 Å². The molecule has 0 aliphatic carbocycles. The molecule has 120 valence electrons. The molecule has 24 heavy (non-hydrogen) atoms. The van der Waals surface area contributed by atoms with Gasteiger partial charge in [0.15, 0.2) is 0 Å². The number of carbonyl (C=O) groups is 1. The second-order valence-electron chi connectivity index (χ2n) is 6.19. The van der Waals surface area contributed by atoms with Crippen molar-refractivity contribution in [2.24, 2.45) is 0 Å². The monoisotopic (exact) mass is 316 g/mol. The predicted molar refractivity (Wildman–Crippen MR) is 97.4 cm³/mol. The Morgan fingerprint density at radius 2 is 1.88 bits per heavy atom. The lowest BCUT2D eigenvalue weighted by atomic mass is 9.90. The highest BCUT2D eigenvalue weighted by Gasteiger charge is 2.30. The Morgan fingerprint density at radius 3 is 2.75 bits per heavy atom. The van der Waals surface area contributed by atoms with Gasteiger partial charge in [0.1, 0.15) is 0 Å². The molecule has 3 heteroatoms. The number of fused-ring (bicyclic) bond motifs is 2. The fourth-order valence-electron chi connectivity index (χ4n) is 3.52. The first kappa shape index (κ1) is 14.8. The van der Waals surface area contributed by atoms with Crippen molar-refractivity contribution in [1.82, 2.24) is 9.88 Å². The number of hydrogen-bond donors (Lipinski definition) is 1. The molecule has 0 saturated carbocycles. The van der Waals surface area contributed by atoms with Gasteiger partial charge in [-0.05, 0) is 29.7 Å². The van der Waals surface area contributed by atoms with Gasteiger partial charge in [-0.15, -0.1) is 0 Å². The molecule has 2 aromatic carbocycles. The quantitative estimate of drug-likeness (QED) is 0.735. The maximum Gasteiger partial charge on any atom is 0.227 e. The van der Waals surface area contributed by atoms with Crippen LogP contribution in [0.3, 0.4) is 0 Å². The summed E-state index contributed by atoms with van der Waals surface area (Å²) in [5.74, 6) is 0.165. The van der Waals surface area contributed by atoms with Crippen molar-refractivity contribution >= 4 is 22.9 Å². The highest BCUT2D eigenvalue weighted by Crippen LogP contribution is 2.39. The van der Waals surface area contributed by atoms with Crippen LogP contribution >= 0.6 is 0 Å². The molecule has 4 rings (SSSR count). The minimum atomic E-state index is -0.0820. The largest absolute Gasteiger partial charge is 0.361 e. The van der Waals surface area contributed by atoms with E-state index in [2.05, 4.69) is 29.2 Å². The number of carbonyl (C=O) groups excluding carboxylic acids is 1. The van der Waals surface area contributed by atoms with E-state index in [0.29, 0.717) is 6.42 Å². The summed E-state index contributed by atoms with van der Waals surface area (Å²) in [5, 5.41) is 1.17. The van der Waals surface area contributed by atoms with Crippen molar-refractivity contribution in [3.63, 3.8) is 0 Å². The van der Waals surface area contributed by atoms with Gasteiger partial charge in [0.05, 0.1) is 6.04 Å². The fourth-order valence-corrected chi connectivity index (χ4v) is 3.52. The van der Waals surface area contributed by atoms with E-state index >= 15 is 0 Å². The van der Waals surface area contributed by atoms with Crippen LogP contribution in [0.1, 0.15) is 42.5 Å². The van der Waals surface area contributed by atoms with E-state index in [0.717, 1.165) is 17.5 Å². The molecule has 3 nitrogen and oxygen atoms in total. The summed E-state index contributed by atoms with van der Waals surface area (Å²) in [4.78, 5) is 18.0. The molecule has 1 aliphatic rings. The topological polar surface area (TPSA) is 36.1 Å². The number of amides is 1. The molecule has 1 atom stereocenters. The Bertz CT molecular complexity index is 922. The van der Waals surface area contributed by atoms with Crippen LogP contribution in [0, 0.1) is 0 Å². The Kier molecular flexibility index (Phi) is 3.69. The Balaban J connectivity index is 1.90. The maximum atomic E-state index is 12.7. The number of aromatic amines is 1. The van der Waals surface area contributed by atoms with Crippen molar-refractivity contribution in [3.05, 3.63) is 77.6 Å². The van der Waals surface area contributed by atoms with Crippen LogP contribution in [0.4, 0.5) is 0 Å². The molecular formula is C21H20N2O. The van der Waals surface area contributed by atoms with Crippen LogP contribution in [0.5, 0.6) is 0 Å². The van der Waals surface area contributed by atoms with Gasteiger partial charge < -0.3 is 9.88 Å². The van der Waals surface area contributed by atoms with Crippen molar-refractivity contribution in [3.8, 4) is 0 Å². The van der Waals surface area contributed by atoms with E-state index in [1.807, 2.05) is 54.6 Å². The van der Waals surface area contributed by atoms with E-state index in [1.165, 1.54) is 16.5 Å². The zero-order chi connectivity index (χ0) is 16.5. The number of para-hydroxylation sites is 1. The number of benzene rings is 2. The van der Waals surface area contributed by atoms with Crippen molar-refractivity contribution < 1.29 is 4.79 Å². The first-order valence-corrected chi connectivity index (χ1v) is 8.44. The summed E-state index contributed by atoms with van der Waals surface area (Å²) < 4.78 is 0. The van der Waals surface area contributed by atoms with Crippen LogP contribution in [0.15, 0.2) is 60.9 Å². The lowest BCUT2D eigenvalue weighted by Gasteiger charge is -2.33. The van der Waals surface area contributed by atoms with Crippen LogP contribution in [-0.4, -0.2) is 15.8 Å². The number of nitrogens with zero attached hydrogens (tertiary/aromatic N) is 1. The number of H-pyrrole nitrogens is 1. The summed E-state index contributed by atoms with van der Waals surface area (Å²) in [6.07, 6.45) is 7.43. The Morgan fingerprint density at radius 1 is 1.08 bits per heavy atom. The molecule has 1 amide bonds. The molecule has 1 N–H and O–H groups in total. The highest BCUT2D eigenvalue weighted by atomic mass is 16.2. The minimum Gasteiger partial charge on any atom is -0.361 e. The maximum absolute atomic E-state index is 12.7. The predicted octanol–water partition coefficient (Wildman–Crippen LogP) is 4.87. The summed E-state index contributed by atoms with van der Waals surface area (Å²) in [6, 6.07) is 16.5. The van der Waals surface area contributed by atoms with Crippen LogP contribution < -0.4 is 0 Å². The summed E-state index contributed by atoms with van der Waals surface area (Å²) in [6.45, 7) is 2.04. The highest BCUT2D eigenvalue weighted by molar-refractivity contribution is 5.87. The normalized spacial score (nSPS) is 16.4. The van der Waals surface area contributed by atoms with Gasteiger partial charge in [0, 0.05) is 35.3 Å². The molecule has 1 aromatic heterocycles. The number of aromatic nitrogens is 1. The van der Waals surface area contributed by atoms with Gasteiger partial charge in [-0.1, -0.05) is 49.4 Å². The van der Waals surface area contributed by atoms with E-state index in [4.69, 9.17) is 0 Å². The van der Waals surface area contributed by atoms with Gasteiger partial charge in [-0.25, -0.2) is 0 Å². The zero-order valence-corrected chi connectivity index (χ0v) is 13.7. The molecule has 0 spiro atoms. The van der Waals surface area contributed by atoms with Crippen molar-refractivity contribution in [2.75, 3.05) is 0 Å². The summed E-state index contributed by atoms with van der Waals surface area (Å²) >= 11 is 0. The minimum absolute atomic E-state index is 0.0820. The van der Waals surface area contributed by atoms with E-state index in [9.17, 15) is 4.79 Å². The first-order valence-electron chi connectivity index (χ1n) is 8.44. The first-order chi connectivity index (χ1) is 11.8. The molecule has 0 fully saturated rings. The molecule has 2 heterocycles. The standard InChI is InChI=1S/C21H20N2O/c1-2-7-20(24)23-13-12-15-8-3-4-9-16(15)21(23)18-14-22-19-11-6-5-10-17(18)19/h3-6,8-14,21-22H,2,7H2,1H3. The van der Waals surface area contributed by atoms with Crippen LogP contribution in [0.2, 0.25) is 0 Å². The van der Waals surface area contributed by atoms with Gasteiger partial charge >= 0.3 is 0 Å². The Hall–Kier alpha value is -2.81. The zero-order valence-electron chi connectivity index (χ0n) is 13.7. The molecule has 0 radical (unpaired) electrons. The smallest absolute Gasteiger partial charge is 0.227 e. The third kappa shape index (κ3) is 2.33. The third-order valence-corrected chi connectivity index (χ3v) is 4.65. The summed E-state index contributed by atoms with van der Waals surface area (Å²) in [7, 11) is 0. The lowest BCUT2D eigenvalue weighted by molar-refractivity contribution is -0.130. The Labute approximate surface area is 141 Å². The van der Waals surface area contributed by atoms with E-state index in [1.54, 1.807) is 0 Å². The van der Waals surface area contributed by atoms with Gasteiger partial charge in [0.25, 0.3) is 0 Å². The van der Waals surface area contributed by atoms with Gasteiger partial charge in [-0.3, -0.25) is 4.79 Å². The van der Waals surface area contributed by atoms with E-state index in [-0.39, 0.29) is 11.9 Å². The number of rotatable bonds is 3. The molecule has 0 saturated heterocycles.